The Morgan fingerprint density at radius 1 is 0.923 bits per heavy atom. The monoisotopic (exact) mass is 357 g/mol. The molecule has 0 saturated carbocycles. The topological polar surface area (TPSA) is 47.8 Å². The van der Waals surface area contributed by atoms with E-state index >= 15 is 0 Å². The summed E-state index contributed by atoms with van der Waals surface area (Å²) in [6.45, 7) is 0. The molecule has 1 atom stereocenters. The van der Waals surface area contributed by atoms with Crippen LogP contribution in [0.15, 0.2) is 78.0 Å². The van der Waals surface area contributed by atoms with E-state index in [9.17, 15) is 4.79 Å². The molecule has 0 radical (unpaired) electrons. The summed E-state index contributed by atoms with van der Waals surface area (Å²) in [5.41, 5.74) is 2.10. The molecule has 5 rings (SSSR count). The van der Waals surface area contributed by atoms with Crippen LogP contribution in [0.3, 0.4) is 0 Å². The molecule has 1 aromatic heterocycles. The SMILES string of the molecule is O=C1CC(c2cccc3ccccc23)Sc2nc(-c3ccccc3)nn21. The molecular formula is C21H15N3OS. The van der Waals surface area contributed by atoms with E-state index < -0.39 is 0 Å². The van der Waals surface area contributed by atoms with E-state index in [1.54, 1.807) is 11.8 Å². The van der Waals surface area contributed by atoms with Crippen molar-refractivity contribution in [2.75, 3.05) is 0 Å². The molecular weight excluding hydrogens is 342 g/mol. The third-order valence-electron chi connectivity index (χ3n) is 4.62. The number of thioether (sulfide) groups is 1. The summed E-state index contributed by atoms with van der Waals surface area (Å²) in [5, 5.41) is 7.52. The average molecular weight is 357 g/mol. The third-order valence-corrected chi connectivity index (χ3v) is 5.80. The van der Waals surface area contributed by atoms with Gasteiger partial charge >= 0.3 is 0 Å². The minimum atomic E-state index is -0.00800. The smallest absolute Gasteiger partial charge is 0.250 e. The lowest BCUT2D eigenvalue weighted by Crippen LogP contribution is -2.21. The minimum Gasteiger partial charge on any atom is -0.272 e. The van der Waals surface area contributed by atoms with E-state index in [1.165, 1.54) is 21.0 Å². The zero-order valence-electron chi connectivity index (χ0n) is 13.9. The largest absolute Gasteiger partial charge is 0.272 e. The van der Waals surface area contributed by atoms with E-state index in [0.29, 0.717) is 17.4 Å². The maximum absolute atomic E-state index is 12.7. The Balaban J connectivity index is 1.56. The molecule has 0 N–H and O–H groups in total. The number of rotatable bonds is 2. The fraction of sp³-hybridized carbons (Fsp3) is 0.0952. The van der Waals surface area contributed by atoms with Gasteiger partial charge in [-0.25, -0.2) is 4.98 Å². The van der Waals surface area contributed by atoms with Crippen LogP contribution in [0, 0.1) is 0 Å². The second kappa shape index (κ2) is 6.11. The fourth-order valence-corrected chi connectivity index (χ4v) is 4.56. The first-order valence-electron chi connectivity index (χ1n) is 8.49. The molecule has 1 unspecified atom stereocenters. The zero-order chi connectivity index (χ0) is 17.5. The van der Waals surface area contributed by atoms with Crippen LogP contribution < -0.4 is 0 Å². The predicted octanol–water partition coefficient (Wildman–Crippen LogP) is 4.98. The number of aromatic nitrogens is 3. The second-order valence-electron chi connectivity index (χ2n) is 6.27. The van der Waals surface area contributed by atoms with Crippen molar-refractivity contribution in [3.8, 4) is 11.4 Å². The maximum atomic E-state index is 12.7. The Labute approximate surface area is 154 Å². The highest BCUT2D eigenvalue weighted by atomic mass is 32.2. The summed E-state index contributed by atoms with van der Waals surface area (Å²) >= 11 is 1.61. The van der Waals surface area contributed by atoms with Crippen LogP contribution in [0.2, 0.25) is 0 Å². The van der Waals surface area contributed by atoms with E-state index in [-0.39, 0.29) is 11.2 Å². The highest BCUT2D eigenvalue weighted by molar-refractivity contribution is 7.99. The van der Waals surface area contributed by atoms with Crippen molar-refractivity contribution in [2.24, 2.45) is 0 Å². The molecule has 0 bridgehead atoms. The van der Waals surface area contributed by atoms with Crippen molar-refractivity contribution >= 4 is 28.4 Å². The highest BCUT2D eigenvalue weighted by Crippen LogP contribution is 2.43. The molecule has 0 fully saturated rings. The van der Waals surface area contributed by atoms with Gasteiger partial charge in [0.25, 0.3) is 5.91 Å². The van der Waals surface area contributed by atoms with Crippen molar-refractivity contribution in [2.45, 2.75) is 16.8 Å². The number of carbonyl (C=O) groups excluding carboxylic acids is 1. The Kier molecular flexibility index (Phi) is 3.60. The quantitative estimate of drug-likeness (QED) is 0.508. The number of carbonyl (C=O) groups is 1. The van der Waals surface area contributed by atoms with E-state index in [2.05, 4.69) is 40.4 Å². The molecule has 1 aliphatic rings. The lowest BCUT2D eigenvalue weighted by Gasteiger charge is -2.21. The molecule has 3 aromatic carbocycles. The predicted molar refractivity (Wildman–Crippen MR) is 103 cm³/mol. The van der Waals surface area contributed by atoms with Gasteiger partial charge in [0, 0.05) is 17.2 Å². The number of hydrogen-bond donors (Lipinski definition) is 0. The van der Waals surface area contributed by atoms with E-state index in [0.717, 1.165) is 5.56 Å². The molecule has 26 heavy (non-hydrogen) atoms. The molecule has 4 aromatic rings. The molecule has 4 nitrogen and oxygen atoms in total. The molecule has 2 heterocycles. The standard InChI is InChI=1S/C21H15N3OS/c25-19-13-18(17-12-6-10-14-7-4-5-11-16(14)17)26-21-22-20(23-24(19)21)15-8-2-1-3-9-15/h1-12,18H,13H2. The van der Waals surface area contributed by atoms with Crippen LogP contribution in [-0.2, 0) is 0 Å². The Hall–Kier alpha value is -2.92. The average Bonchev–Trinajstić information content (AvgIpc) is 3.13. The summed E-state index contributed by atoms with van der Waals surface area (Å²) in [7, 11) is 0. The Morgan fingerprint density at radius 2 is 1.69 bits per heavy atom. The zero-order valence-corrected chi connectivity index (χ0v) is 14.7. The number of nitrogens with zero attached hydrogens (tertiary/aromatic N) is 3. The normalized spacial score (nSPS) is 16.6. The Morgan fingerprint density at radius 3 is 2.58 bits per heavy atom. The molecule has 0 spiro atoms. The van der Waals surface area contributed by atoms with Crippen molar-refractivity contribution in [1.82, 2.24) is 14.8 Å². The number of hydrogen-bond acceptors (Lipinski definition) is 4. The first kappa shape index (κ1) is 15.3. The van der Waals surface area contributed by atoms with Crippen LogP contribution in [0.1, 0.15) is 22.0 Å². The minimum absolute atomic E-state index is 0.00800. The number of benzene rings is 3. The van der Waals surface area contributed by atoms with Crippen molar-refractivity contribution in [3.63, 3.8) is 0 Å². The van der Waals surface area contributed by atoms with Crippen LogP contribution in [0.5, 0.6) is 0 Å². The first-order valence-corrected chi connectivity index (χ1v) is 9.37. The fourth-order valence-electron chi connectivity index (χ4n) is 3.36. The maximum Gasteiger partial charge on any atom is 0.250 e. The van der Waals surface area contributed by atoms with Gasteiger partial charge in [-0.2, -0.15) is 4.68 Å². The molecule has 0 saturated heterocycles. The van der Waals surface area contributed by atoms with Crippen LogP contribution in [0.25, 0.3) is 22.2 Å². The van der Waals surface area contributed by atoms with Gasteiger partial charge in [-0.3, -0.25) is 4.79 Å². The molecule has 126 valence electrons. The summed E-state index contributed by atoms with van der Waals surface area (Å²) in [6, 6.07) is 24.3. The van der Waals surface area contributed by atoms with Crippen molar-refractivity contribution < 1.29 is 4.79 Å². The van der Waals surface area contributed by atoms with Gasteiger partial charge in [0.2, 0.25) is 0 Å². The van der Waals surface area contributed by atoms with Crippen molar-refractivity contribution in [1.29, 1.82) is 0 Å². The molecule has 1 aliphatic heterocycles. The molecule has 0 aliphatic carbocycles. The number of fused-ring (bicyclic) bond motifs is 2. The van der Waals surface area contributed by atoms with E-state index in [1.807, 2.05) is 42.5 Å². The van der Waals surface area contributed by atoms with Gasteiger partial charge in [-0.1, -0.05) is 84.6 Å². The third kappa shape index (κ3) is 2.52. The van der Waals surface area contributed by atoms with Crippen LogP contribution in [0.4, 0.5) is 0 Å². The van der Waals surface area contributed by atoms with Crippen LogP contribution in [-0.4, -0.2) is 20.7 Å². The second-order valence-corrected chi connectivity index (χ2v) is 7.44. The molecule has 0 amide bonds. The first-order chi connectivity index (χ1) is 12.8. The Bertz CT molecular complexity index is 1120. The lowest BCUT2D eigenvalue weighted by atomic mass is 10.0. The van der Waals surface area contributed by atoms with Crippen LogP contribution >= 0.6 is 11.8 Å². The van der Waals surface area contributed by atoms with Gasteiger partial charge in [-0.05, 0) is 16.3 Å². The van der Waals surface area contributed by atoms with Gasteiger partial charge in [0.1, 0.15) is 0 Å². The van der Waals surface area contributed by atoms with Gasteiger partial charge in [0.05, 0.1) is 0 Å². The summed E-state index contributed by atoms with van der Waals surface area (Å²) in [6.07, 6.45) is 0.420. The van der Waals surface area contributed by atoms with Crippen molar-refractivity contribution in [3.05, 3.63) is 78.4 Å². The molecule has 5 heteroatoms. The van der Waals surface area contributed by atoms with E-state index in [4.69, 9.17) is 0 Å². The van der Waals surface area contributed by atoms with Gasteiger partial charge < -0.3 is 0 Å². The lowest BCUT2D eigenvalue weighted by molar-refractivity contribution is 0.0868. The van der Waals surface area contributed by atoms with Gasteiger partial charge in [-0.15, -0.1) is 5.10 Å². The summed E-state index contributed by atoms with van der Waals surface area (Å²) in [4.78, 5) is 17.3. The highest BCUT2D eigenvalue weighted by Gasteiger charge is 2.30. The summed E-state index contributed by atoms with van der Waals surface area (Å²) in [5.74, 6) is 0.589. The summed E-state index contributed by atoms with van der Waals surface area (Å²) < 4.78 is 1.45. The van der Waals surface area contributed by atoms with Gasteiger partial charge in [0.15, 0.2) is 11.0 Å².